The molecule has 108 valence electrons. The molecular formula is C15H17FO4. The van der Waals surface area contributed by atoms with Crippen molar-refractivity contribution in [3.8, 4) is 5.75 Å². The third-order valence-corrected chi connectivity index (χ3v) is 3.94. The number of hydrogen-bond donors (Lipinski definition) is 0. The second-order valence-electron chi connectivity index (χ2n) is 4.96. The van der Waals surface area contributed by atoms with Gasteiger partial charge in [0.05, 0.1) is 19.6 Å². The fourth-order valence-electron chi connectivity index (χ4n) is 2.73. The molecule has 0 spiro atoms. The van der Waals surface area contributed by atoms with E-state index in [0.717, 1.165) is 0 Å². The van der Waals surface area contributed by atoms with Crippen LogP contribution in [0.4, 0.5) is 4.39 Å². The molecule has 0 radical (unpaired) electrons. The normalized spacial score (nSPS) is 17.6. The highest BCUT2D eigenvalue weighted by atomic mass is 19.1. The second kappa shape index (κ2) is 5.61. The van der Waals surface area contributed by atoms with Gasteiger partial charge in [-0.25, -0.2) is 4.39 Å². The molecule has 1 aliphatic rings. The molecule has 0 amide bonds. The van der Waals surface area contributed by atoms with Gasteiger partial charge in [0.25, 0.3) is 0 Å². The molecule has 0 aromatic heterocycles. The molecule has 0 bridgehead atoms. The summed E-state index contributed by atoms with van der Waals surface area (Å²) in [6.07, 6.45) is 1.32. The molecular weight excluding hydrogens is 263 g/mol. The third kappa shape index (κ3) is 2.40. The molecule has 1 aliphatic carbocycles. The molecule has 0 atom stereocenters. The van der Waals surface area contributed by atoms with E-state index in [2.05, 4.69) is 0 Å². The van der Waals surface area contributed by atoms with Gasteiger partial charge in [-0.3, -0.25) is 9.59 Å². The van der Waals surface area contributed by atoms with Crippen molar-refractivity contribution >= 4 is 11.8 Å². The van der Waals surface area contributed by atoms with E-state index in [1.54, 1.807) is 6.07 Å². The van der Waals surface area contributed by atoms with Gasteiger partial charge in [-0.1, -0.05) is 6.07 Å². The SMILES string of the molecule is COC(=O)C1(c2ccc(OC)c(F)c2)CCC(=O)CC1. The summed E-state index contributed by atoms with van der Waals surface area (Å²) in [5, 5.41) is 0. The van der Waals surface area contributed by atoms with E-state index >= 15 is 0 Å². The fraction of sp³-hybridized carbons (Fsp3) is 0.467. The van der Waals surface area contributed by atoms with Crippen molar-refractivity contribution in [3.63, 3.8) is 0 Å². The van der Waals surface area contributed by atoms with Gasteiger partial charge in [-0.05, 0) is 30.5 Å². The van der Waals surface area contributed by atoms with Crippen LogP contribution < -0.4 is 4.74 Å². The minimum absolute atomic E-state index is 0.124. The minimum atomic E-state index is -0.935. The molecule has 1 aromatic carbocycles. The van der Waals surface area contributed by atoms with Crippen molar-refractivity contribution in [2.75, 3.05) is 14.2 Å². The van der Waals surface area contributed by atoms with E-state index in [0.29, 0.717) is 31.2 Å². The summed E-state index contributed by atoms with van der Waals surface area (Å²) in [6, 6.07) is 4.45. The molecule has 0 unspecified atom stereocenters. The molecule has 1 fully saturated rings. The van der Waals surface area contributed by atoms with Crippen LogP contribution in [-0.2, 0) is 19.7 Å². The van der Waals surface area contributed by atoms with Gasteiger partial charge in [-0.15, -0.1) is 0 Å². The Morgan fingerprint density at radius 3 is 2.40 bits per heavy atom. The van der Waals surface area contributed by atoms with Crippen molar-refractivity contribution in [3.05, 3.63) is 29.6 Å². The lowest BCUT2D eigenvalue weighted by Crippen LogP contribution is -2.40. The smallest absolute Gasteiger partial charge is 0.316 e. The molecule has 1 aromatic rings. The number of ether oxygens (including phenoxy) is 2. The van der Waals surface area contributed by atoms with Gasteiger partial charge >= 0.3 is 5.97 Å². The standard InChI is InChI=1S/C15H17FO4/c1-19-13-4-3-10(9-12(13)16)15(14(18)20-2)7-5-11(17)6-8-15/h3-4,9H,5-8H2,1-2H3. The maximum Gasteiger partial charge on any atom is 0.316 e. The van der Waals surface area contributed by atoms with Crippen LogP contribution in [0.2, 0.25) is 0 Å². The molecule has 1 saturated carbocycles. The summed E-state index contributed by atoms with van der Waals surface area (Å²) >= 11 is 0. The van der Waals surface area contributed by atoms with Gasteiger partial charge in [-0.2, -0.15) is 0 Å². The number of rotatable bonds is 3. The van der Waals surface area contributed by atoms with Crippen LogP contribution in [0.15, 0.2) is 18.2 Å². The average Bonchev–Trinajstić information content (AvgIpc) is 2.47. The van der Waals surface area contributed by atoms with Gasteiger partial charge in [0.2, 0.25) is 0 Å². The van der Waals surface area contributed by atoms with Crippen LogP contribution in [0, 0.1) is 5.82 Å². The summed E-state index contributed by atoms with van der Waals surface area (Å²) < 4.78 is 23.6. The highest BCUT2D eigenvalue weighted by Gasteiger charge is 2.44. The monoisotopic (exact) mass is 280 g/mol. The lowest BCUT2D eigenvalue weighted by Gasteiger charge is -2.34. The van der Waals surface area contributed by atoms with Crippen LogP contribution >= 0.6 is 0 Å². The van der Waals surface area contributed by atoms with Crippen molar-refractivity contribution in [2.24, 2.45) is 0 Å². The Hall–Kier alpha value is -1.91. The highest BCUT2D eigenvalue weighted by Crippen LogP contribution is 2.40. The highest BCUT2D eigenvalue weighted by molar-refractivity contribution is 5.88. The zero-order valence-electron chi connectivity index (χ0n) is 11.6. The summed E-state index contributed by atoms with van der Waals surface area (Å²) in [5.74, 6) is -0.695. The number of halogens is 1. The first-order chi connectivity index (χ1) is 9.53. The molecule has 0 saturated heterocycles. The first-order valence-corrected chi connectivity index (χ1v) is 6.47. The summed E-state index contributed by atoms with van der Waals surface area (Å²) in [5.41, 5.74) is -0.398. The summed E-state index contributed by atoms with van der Waals surface area (Å²) in [6.45, 7) is 0. The number of Topliss-reactive ketones (excluding diaryl/α,β-unsaturated/α-hetero) is 1. The van der Waals surface area contributed by atoms with Gasteiger partial charge < -0.3 is 9.47 Å². The lowest BCUT2D eigenvalue weighted by atomic mass is 9.69. The number of carbonyl (C=O) groups is 2. The van der Waals surface area contributed by atoms with Crippen LogP contribution in [0.3, 0.4) is 0 Å². The predicted molar refractivity (Wildman–Crippen MR) is 70.1 cm³/mol. The number of esters is 1. The van der Waals surface area contributed by atoms with Gasteiger partial charge in [0.1, 0.15) is 5.78 Å². The Balaban J connectivity index is 2.44. The maximum absolute atomic E-state index is 13.9. The van der Waals surface area contributed by atoms with Crippen molar-refractivity contribution < 1.29 is 23.5 Å². The number of benzene rings is 1. The average molecular weight is 280 g/mol. The molecule has 20 heavy (non-hydrogen) atoms. The van der Waals surface area contributed by atoms with E-state index in [4.69, 9.17) is 9.47 Å². The van der Waals surface area contributed by atoms with Gasteiger partial charge in [0, 0.05) is 12.8 Å². The molecule has 5 heteroatoms. The first kappa shape index (κ1) is 14.5. The maximum atomic E-state index is 13.9. The van der Waals surface area contributed by atoms with Gasteiger partial charge in [0.15, 0.2) is 11.6 Å². The largest absolute Gasteiger partial charge is 0.494 e. The van der Waals surface area contributed by atoms with E-state index in [1.807, 2.05) is 0 Å². The van der Waals surface area contributed by atoms with E-state index in [1.165, 1.54) is 26.4 Å². The summed E-state index contributed by atoms with van der Waals surface area (Å²) in [7, 11) is 2.69. The van der Waals surface area contributed by atoms with Crippen molar-refractivity contribution in [1.82, 2.24) is 0 Å². The van der Waals surface area contributed by atoms with E-state index < -0.39 is 17.2 Å². The number of carbonyl (C=O) groups excluding carboxylic acids is 2. The van der Waals surface area contributed by atoms with E-state index in [9.17, 15) is 14.0 Å². The predicted octanol–water partition coefficient (Wildman–Crippen LogP) is 2.39. The van der Waals surface area contributed by atoms with Crippen molar-refractivity contribution in [2.45, 2.75) is 31.1 Å². The van der Waals surface area contributed by atoms with Crippen LogP contribution in [0.25, 0.3) is 0 Å². The second-order valence-corrected chi connectivity index (χ2v) is 4.96. The quantitative estimate of drug-likeness (QED) is 0.798. The van der Waals surface area contributed by atoms with E-state index in [-0.39, 0.29) is 11.5 Å². The first-order valence-electron chi connectivity index (χ1n) is 6.47. The van der Waals surface area contributed by atoms with Crippen LogP contribution in [0.1, 0.15) is 31.2 Å². The number of ketones is 1. The fourth-order valence-corrected chi connectivity index (χ4v) is 2.73. The molecule has 4 nitrogen and oxygen atoms in total. The Labute approximate surface area is 116 Å². The minimum Gasteiger partial charge on any atom is -0.494 e. The number of methoxy groups -OCH3 is 2. The zero-order valence-corrected chi connectivity index (χ0v) is 11.6. The zero-order chi connectivity index (χ0) is 14.8. The van der Waals surface area contributed by atoms with Crippen LogP contribution in [0.5, 0.6) is 5.75 Å². The lowest BCUT2D eigenvalue weighted by molar-refractivity contribution is -0.149. The van der Waals surface area contributed by atoms with Crippen LogP contribution in [-0.4, -0.2) is 26.0 Å². The third-order valence-electron chi connectivity index (χ3n) is 3.94. The molecule has 0 aliphatic heterocycles. The Morgan fingerprint density at radius 1 is 1.25 bits per heavy atom. The Morgan fingerprint density at radius 2 is 1.90 bits per heavy atom. The van der Waals surface area contributed by atoms with Crippen molar-refractivity contribution in [1.29, 1.82) is 0 Å². The number of hydrogen-bond acceptors (Lipinski definition) is 4. The molecule has 2 rings (SSSR count). The molecule has 0 heterocycles. The topological polar surface area (TPSA) is 52.6 Å². The molecule has 0 N–H and O–H groups in total. The summed E-state index contributed by atoms with van der Waals surface area (Å²) in [4.78, 5) is 23.6. The Bertz CT molecular complexity index is 529. The Kier molecular flexibility index (Phi) is 4.06.